The second-order valence-electron chi connectivity index (χ2n) is 22.2. The Morgan fingerprint density at radius 3 is 0.809 bits per heavy atom. The van der Waals surface area contributed by atoms with E-state index < -0.39 is 12.1 Å². The molecule has 0 saturated heterocycles. The second-order valence-corrected chi connectivity index (χ2v) is 22.2. The highest BCUT2D eigenvalue weighted by Gasteiger charge is 2.20. The third-order valence-electron chi connectivity index (χ3n) is 15.3. The van der Waals surface area contributed by atoms with Crippen molar-refractivity contribution in [1.29, 1.82) is 0 Å². The molecule has 2 unspecified atom stereocenters. The topological polar surface area (TPSA) is 69.6 Å². The Morgan fingerprint density at radius 1 is 0.338 bits per heavy atom. The lowest BCUT2D eigenvalue weighted by molar-refractivity contribution is -0.123. The van der Waals surface area contributed by atoms with Crippen molar-refractivity contribution in [3.8, 4) is 0 Å². The second kappa shape index (κ2) is 60.4. The minimum absolute atomic E-state index is 0.0219. The maximum Gasteiger partial charge on any atom is 0.220 e. The Bertz CT molecular complexity index is 952. The molecule has 0 rings (SSSR count). The van der Waals surface area contributed by atoms with Crippen LogP contribution in [0.25, 0.3) is 0 Å². The number of hydrogen-bond donors (Lipinski definition) is 3. The highest BCUT2D eigenvalue weighted by atomic mass is 16.3. The summed E-state index contributed by atoms with van der Waals surface area (Å²) < 4.78 is 0. The van der Waals surface area contributed by atoms with Crippen LogP contribution in [0.15, 0.2) is 12.2 Å². The molecule has 406 valence electrons. The molecule has 0 aliphatic rings. The van der Waals surface area contributed by atoms with Gasteiger partial charge < -0.3 is 15.5 Å². The number of carbonyl (C=O) groups excluding carboxylic acids is 1. The van der Waals surface area contributed by atoms with Crippen molar-refractivity contribution in [2.75, 3.05) is 6.61 Å². The van der Waals surface area contributed by atoms with Gasteiger partial charge >= 0.3 is 0 Å². The van der Waals surface area contributed by atoms with Gasteiger partial charge in [-0.05, 0) is 38.5 Å². The first-order chi connectivity index (χ1) is 33.7. The first-order valence-electron chi connectivity index (χ1n) is 31.9. The number of hydrogen-bond acceptors (Lipinski definition) is 3. The Labute approximate surface area is 428 Å². The smallest absolute Gasteiger partial charge is 0.220 e. The van der Waals surface area contributed by atoms with Gasteiger partial charge in [-0.2, -0.15) is 0 Å². The summed E-state index contributed by atoms with van der Waals surface area (Å²) in [6.45, 7) is 4.41. The SMILES string of the molecule is CCCCCCCCCC/C=C\CCCCCCCCCCCCCCCCCCCCCC(=O)NC(CO)C(O)CCCCCCCCCCCCCCCCCCCCCCCCCCC. The Kier molecular flexibility index (Phi) is 59.7. The van der Waals surface area contributed by atoms with E-state index in [1.54, 1.807) is 0 Å². The molecular weight excluding hydrogens is 831 g/mol. The van der Waals surface area contributed by atoms with E-state index in [1.165, 1.54) is 321 Å². The van der Waals surface area contributed by atoms with Crippen LogP contribution in [0.5, 0.6) is 0 Å². The van der Waals surface area contributed by atoms with Crippen LogP contribution in [0.3, 0.4) is 0 Å². The molecule has 1 amide bonds. The normalized spacial score (nSPS) is 12.7. The van der Waals surface area contributed by atoms with E-state index in [0.29, 0.717) is 12.8 Å². The van der Waals surface area contributed by atoms with Crippen molar-refractivity contribution in [3.05, 3.63) is 12.2 Å². The largest absolute Gasteiger partial charge is 0.394 e. The Balaban J connectivity index is 3.39. The quantitative estimate of drug-likeness (QED) is 0.0420. The standard InChI is InChI=1S/C64H127NO3/c1-3-5-7-9-11-13-15-17-19-21-23-25-27-29-30-31-32-33-34-36-38-40-42-44-46-48-50-52-54-56-58-60-64(68)65-62(61-66)63(67)59-57-55-53-51-49-47-45-43-41-39-37-35-28-26-24-22-20-18-16-14-12-10-8-6-4-2/h21,23,62-63,66-67H,3-20,22,24-61H2,1-2H3,(H,65,68)/b23-21-. The monoisotopic (exact) mass is 958 g/mol. The van der Waals surface area contributed by atoms with Crippen LogP contribution in [-0.4, -0.2) is 34.9 Å². The number of carbonyl (C=O) groups is 1. The van der Waals surface area contributed by atoms with E-state index in [-0.39, 0.29) is 12.5 Å². The van der Waals surface area contributed by atoms with Gasteiger partial charge in [0, 0.05) is 6.42 Å². The number of aliphatic hydroxyl groups is 2. The molecule has 4 nitrogen and oxygen atoms in total. The van der Waals surface area contributed by atoms with Crippen molar-refractivity contribution in [2.45, 2.75) is 386 Å². The summed E-state index contributed by atoms with van der Waals surface area (Å²) in [7, 11) is 0. The zero-order valence-corrected chi connectivity index (χ0v) is 46.9. The molecule has 2 atom stereocenters. The van der Waals surface area contributed by atoms with Gasteiger partial charge in [0.15, 0.2) is 0 Å². The van der Waals surface area contributed by atoms with Crippen molar-refractivity contribution in [3.63, 3.8) is 0 Å². The average Bonchev–Trinajstić information content (AvgIpc) is 3.34. The minimum Gasteiger partial charge on any atom is -0.394 e. The lowest BCUT2D eigenvalue weighted by Gasteiger charge is -2.22. The average molecular weight is 959 g/mol. The van der Waals surface area contributed by atoms with Crippen molar-refractivity contribution in [2.24, 2.45) is 0 Å². The molecule has 0 aromatic heterocycles. The summed E-state index contributed by atoms with van der Waals surface area (Å²) in [6.07, 6.45) is 79.5. The molecule has 0 saturated carbocycles. The Morgan fingerprint density at radius 2 is 0.559 bits per heavy atom. The van der Waals surface area contributed by atoms with Crippen LogP contribution in [0.1, 0.15) is 373 Å². The number of amides is 1. The van der Waals surface area contributed by atoms with E-state index in [2.05, 4.69) is 31.3 Å². The number of allylic oxidation sites excluding steroid dienone is 2. The van der Waals surface area contributed by atoms with Crippen molar-refractivity contribution >= 4 is 5.91 Å². The molecule has 0 aromatic rings. The molecule has 0 bridgehead atoms. The molecule has 0 aromatic carbocycles. The zero-order chi connectivity index (χ0) is 49.2. The van der Waals surface area contributed by atoms with Gasteiger partial charge in [-0.3, -0.25) is 4.79 Å². The van der Waals surface area contributed by atoms with Gasteiger partial charge in [-0.1, -0.05) is 341 Å². The van der Waals surface area contributed by atoms with Crippen LogP contribution in [-0.2, 0) is 4.79 Å². The van der Waals surface area contributed by atoms with E-state index in [4.69, 9.17) is 0 Å². The van der Waals surface area contributed by atoms with Gasteiger partial charge in [0.25, 0.3) is 0 Å². The molecule has 4 heteroatoms. The third-order valence-corrected chi connectivity index (χ3v) is 15.3. The van der Waals surface area contributed by atoms with Gasteiger partial charge in [-0.15, -0.1) is 0 Å². The Hall–Kier alpha value is -0.870. The molecular formula is C64H127NO3. The fourth-order valence-electron chi connectivity index (χ4n) is 10.4. The number of aliphatic hydroxyl groups excluding tert-OH is 2. The van der Waals surface area contributed by atoms with E-state index >= 15 is 0 Å². The van der Waals surface area contributed by atoms with Crippen molar-refractivity contribution in [1.82, 2.24) is 5.32 Å². The molecule has 0 radical (unpaired) electrons. The zero-order valence-electron chi connectivity index (χ0n) is 46.9. The van der Waals surface area contributed by atoms with E-state index in [1.807, 2.05) is 0 Å². The number of rotatable bonds is 60. The maximum atomic E-state index is 12.5. The lowest BCUT2D eigenvalue weighted by Crippen LogP contribution is -2.45. The third kappa shape index (κ3) is 56.0. The fraction of sp³-hybridized carbons (Fsp3) is 0.953. The van der Waals surface area contributed by atoms with Crippen LogP contribution < -0.4 is 5.32 Å². The first-order valence-corrected chi connectivity index (χ1v) is 31.9. The van der Waals surface area contributed by atoms with Gasteiger partial charge in [0.2, 0.25) is 5.91 Å². The molecule has 0 fully saturated rings. The number of nitrogens with one attached hydrogen (secondary N) is 1. The fourth-order valence-corrected chi connectivity index (χ4v) is 10.4. The summed E-state index contributed by atoms with van der Waals surface area (Å²) in [5.74, 6) is -0.0219. The highest BCUT2D eigenvalue weighted by Crippen LogP contribution is 2.19. The lowest BCUT2D eigenvalue weighted by atomic mass is 10.0. The first kappa shape index (κ1) is 67.1. The van der Waals surface area contributed by atoms with E-state index in [9.17, 15) is 15.0 Å². The summed E-state index contributed by atoms with van der Waals surface area (Å²) in [5.41, 5.74) is 0. The van der Waals surface area contributed by atoms with Gasteiger partial charge in [-0.25, -0.2) is 0 Å². The predicted octanol–water partition coefficient (Wildman–Crippen LogP) is 21.3. The van der Waals surface area contributed by atoms with Gasteiger partial charge in [0.1, 0.15) is 0 Å². The molecule has 0 heterocycles. The molecule has 3 N–H and O–H groups in total. The summed E-state index contributed by atoms with van der Waals surface area (Å²) >= 11 is 0. The summed E-state index contributed by atoms with van der Waals surface area (Å²) in [6, 6.07) is -0.534. The van der Waals surface area contributed by atoms with Gasteiger partial charge in [0.05, 0.1) is 18.8 Å². The summed E-state index contributed by atoms with van der Waals surface area (Å²) in [5, 5.41) is 23.4. The van der Waals surface area contributed by atoms with Crippen molar-refractivity contribution < 1.29 is 15.0 Å². The van der Waals surface area contributed by atoms with Crippen LogP contribution in [0, 0.1) is 0 Å². The van der Waals surface area contributed by atoms with Crippen LogP contribution in [0.4, 0.5) is 0 Å². The molecule has 68 heavy (non-hydrogen) atoms. The molecule has 0 spiro atoms. The predicted molar refractivity (Wildman–Crippen MR) is 304 cm³/mol. The minimum atomic E-state index is -0.657. The number of unbranched alkanes of at least 4 members (excludes halogenated alkanes) is 51. The maximum absolute atomic E-state index is 12.5. The summed E-state index contributed by atoms with van der Waals surface area (Å²) in [4.78, 5) is 12.5. The molecule has 0 aliphatic carbocycles. The highest BCUT2D eigenvalue weighted by molar-refractivity contribution is 5.76. The molecule has 0 aliphatic heterocycles. The van der Waals surface area contributed by atoms with Crippen LogP contribution in [0.2, 0.25) is 0 Å². The van der Waals surface area contributed by atoms with E-state index in [0.717, 1.165) is 25.7 Å². The van der Waals surface area contributed by atoms with Crippen LogP contribution >= 0.6 is 0 Å².